The number of carbonyl (C=O) groups excluding carboxylic acids is 3. The molecule has 2 N–H and O–H groups in total. The number of amides is 1. The van der Waals surface area contributed by atoms with Crippen LogP contribution in [-0.2, 0) is 9.59 Å². The van der Waals surface area contributed by atoms with Crippen LogP contribution in [-0.4, -0.2) is 29.5 Å². The van der Waals surface area contributed by atoms with Crippen molar-refractivity contribution in [2.75, 3.05) is 16.8 Å². The van der Waals surface area contributed by atoms with E-state index in [9.17, 15) is 19.5 Å². The van der Waals surface area contributed by atoms with Crippen molar-refractivity contribution in [2.45, 2.75) is 67.2 Å². The highest BCUT2D eigenvalue weighted by atomic mass is 16.5. The zero-order valence-corrected chi connectivity index (χ0v) is 24.1. The quantitative estimate of drug-likeness (QED) is 0.139. The van der Waals surface area contributed by atoms with Gasteiger partial charge in [-0.1, -0.05) is 41.0 Å². The number of para-hydroxylation sites is 1. The fourth-order valence-electron chi connectivity index (χ4n) is 4.39. The number of phenols is 1. The van der Waals surface area contributed by atoms with Crippen LogP contribution in [0.15, 0.2) is 65.3 Å². The maximum absolute atomic E-state index is 13.9. The third kappa shape index (κ3) is 8.09. The van der Waals surface area contributed by atoms with Crippen LogP contribution in [0.4, 0.5) is 17.1 Å². The zero-order chi connectivity index (χ0) is 29.4. The van der Waals surface area contributed by atoms with Gasteiger partial charge in [0.1, 0.15) is 11.4 Å². The molecule has 1 aliphatic rings. The molecule has 0 saturated carbocycles. The molecular formula is C32H38N2O6. The Morgan fingerprint density at radius 3 is 2.12 bits per heavy atom. The molecule has 8 heteroatoms. The van der Waals surface area contributed by atoms with Crippen LogP contribution >= 0.6 is 0 Å². The molecule has 3 rings (SSSR count). The minimum Gasteiger partial charge on any atom is -0.508 e. The molecule has 1 heterocycles. The molecule has 212 valence electrons. The average Bonchev–Trinajstić information content (AvgIpc) is 2.97. The summed E-state index contributed by atoms with van der Waals surface area (Å²) in [5.74, 6) is -1.48. The minimum absolute atomic E-state index is 0.0419. The smallest absolute Gasteiger partial charge is 0.308 e. The lowest BCUT2D eigenvalue weighted by atomic mass is 10.1. The fourth-order valence-corrected chi connectivity index (χ4v) is 4.39. The molecular weight excluding hydrogens is 508 g/mol. The highest BCUT2D eigenvalue weighted by Gasteiger charge is 2.31. The lowest BCUT2D eigenvalue weighted by Crippen LogP contribution is -2.30. The average molecular weight is 547 g/mol. The topological polar surface area (TPSA) is 105 Å². The highest BCUT2D eigenvalue weighted by Crippen LogP contribution is 2.46. The summed E-state index contributed by atoms with van der Waals surface area (Å²) in [5.41, 5.74) is 4.93. The summed E-state index contributed by atoms with van der Waals surface area (Å²) in [6.07, 6.45) is 10.3. The maximum Gasteiger partial charge on any atom is 0.308 e. The van der Waals surface area contributed by atoms with Gasteiger partial charge in [0, 0.05) is 32.5 Å². The minimum atomic E-state index is -0.592. The van der Waals surface area contributed by atoms with Crippen LogP contribution in [0.25, 0.3) is 0 Å². The molecule has 0 fully saturated rings. The second-order valence-corrected chi connectivity index (χ2v) is 10.2. The number of nitrogens with one attached hydrogen (secondary N) is 1. The number of esters is 2. The molecule has 0 spiro atoms. The van der Waals surface area contributed by atoms with E-state index in [1.165, 1.54) is 42.0 Å². The van der Waals surface area contributed by atoms with Crippen LogP contribution in [0.5, 0.6) is 17.2 Å². The lowest BCUT2D eigenvalue weighted by molar-refractivity contribution is -0.132. The molecule has 0 saturated heterocycles. The molecule has 0 bridgehead atoms. The summed E-state index contributed by atoms with van der Waals surface area (Å²) >= 11 is 0. The lowest BCUT2D eigenvalue weighted by Gasteiger charge is -2.23. The van der Waals surface area contributed by atoms with Gasteiger partial charge >= 0.3 is 11.9 Å². The number of rotatable bonds is 10. The van der Waals surface area contributed by atoms with Gasteiger partial charge in [-0.05, 0) is 65.5 Å². The number of benzene rings is 2. The fraction of sp³-hybridized carbons (Fsp3) is 0.344. The molecule has 1 aliphatic heterocycles. The van der Waals surface area contributed by atoms with Gasteiger partial charge in [0.25, 0.3) is 5.91 Å². The van der Waals surface area contributed by atoms with Crippen LogP contribution in [0.1, 0.15) is 77.6 Å². The van der Waals surface area contributed by atoms with E-state index in [2.05, 4.69) is 38.2 Å². The Balaban J connectivity index is 1.95. The van der Waals surface area contributed by atoms with Gasteiger partial charge in [0.15, 0.2) is 11.5 Å². The number of phenolic OH excluding ortho intramolecular Hbond substituents is 1. The van der Waals surface area contributed by atoms with E-state index in [1.807, 2.05) is 13.0 Å². The number of nitrogens with zero attached hydrogens (tertiary/aromatic N) is 1. The first-order valence-electron chi connectivity index (χ1n) is 13.4. The number of carbonyl (C=O) groups is 3. The summed E-state index contributed by atoms with van der Waals surface area (Å²) in [6, 6.07) is 7.56. The van der Waals surface area contributed by atoms with Crippen LogP contribution < -0.4 is 19.7 Å². The Labute approximate surface area is 236 Å². The van der Waals surface area contributed by atoms with Crippen molar-refractivity contribution < 1.29 is 29.0 Å². The second-order valence-electron chi connectivity index (χ2n) is 10.2. The molecule has 40 heavy (non-hydrogen) atoms. The molecule has 0 radical (unpaired) electrons. The zero-order valence-electron chi connectivity index (χ0n) is 24.1. The number of anilines is 3. The van der Waals surface area contributed by atoms with Gasteiger partial charge in [0.05, 0.1) is 16.9 Å². The Morgan fingerprint density at radius 1 is 0.850 bits per heavy atom. The monoisotopic (exact) mass is 546 g/mol. The number of fused-ring (bicyclic) bond motifs is 2. The molecule has 2 aromatic carbocycles. The molecule has 0 unspecified atom stereocenters. The van der Waals surface area contributed by atoms with E-state index in [1.54, 1.807) is 18.2 Å². The van der Waals surface area contributed by atoms with Crippen LogP contribution in [0.2, 0.25) is 0 Å². The molecule has 0 atom stereocenters. The molecule has 0 aliphatic carbocycles. The van der Waals surface area contributed by atoms with Gasteiger partial charge in [-0.3, -0.25) is 14.4 Å². The number of hydrogen-bond donors (Lipinski definition) is 2. The van der Waals surface area contributed by atoms with Gasteiger partial charge in [0.2, 0.25) is 0 Å². The number of ether oxygens (including phenoxy) is 2. The molecule has 0 aromatic heterocycles. The van der Waals surface area contributed by atoms with E-state index in [4.69, 9.17) is 9.47 Å². The van der Waals surface area contributed by atoms with Crippen molar-refractivity contribution in [3.05, 3.63) is 70.8 Å². The maximum atomic E-state index is 13.9. The number of allylic oxidation sites excluding steroid dienone is 5. The van der Waals surface area contributed by atoms with E-state index in [-0.39, 0.29) is 41.0 Å². The summed E-state index contributed by atoms with van der Waals surface area (Å²) < 4.78 is 10.7. The van der Waals surface area contributed by atoms with E-state index in [0.29, 0.717) is 11.4 Å². The van der Waals surface area contributed by atoms with Gasteiger partial charge < -0.3 is 24.8 Å². The van der Waals surface area contributed by atoms with Crippen molar-refractivity contribution in [1.29, 1.82) is 0 Å². The molecule has 8 nitrogen and oxygen atoms in total. The Hall–Kier alpha value is -4.33. The van der Waals surface area contributed by atoms with E-state index < -0.39 is 11.9 Å². The second kappa shape index (κ2) is 13.6. The van der Waals surface area contributed by atoms with Gasteiger partial charge in [-0.15, -0.1) is 0 Å². The van der Waals surface area contributed by atoms with Crippen LogP contribution in [0, 0.1) is 0 Å². The first-order chi connectivity index (χ1) is 19.0. The Bertz CT molecular complexity index is 1380. The first kappa shape index (κ1) is 30.2. The summed E-state index contributed by atoms with van der Waals surface area (Å²) in [6.45, 7) is 11.1. The van der Waals surface area contributed by atoms with E-state index >= 15 is 0 Å². The van der Waals surface area contributed by atoms with Crippen molar-refractivity contribution in [3.8, 4) is 17.2 Å². The first-order valence-corrected chi connectivity index (χ1v) is 13.4. The standard InChI is InChI=1S/C32H38N2O6/c1-20(2)10-7-11-21(3)12-8-13-22(4)16-17-34-27-18-25(37)19-29(40-24(6)36)31(27)33-30-26(32(34)38)14-9-15-28(30)39-23(5)35/h9-10,12,14-16,18-19,33,37H,7-8,11,13,17H2,1-6H3. The Kier molecular flexibility index (Phi) is 10.3. The molecule has 1 amide bonds. The van der Waals surface area contributed by atoms with Crippen molar-refractivity contribution in [3.63, 3.8) is 0 Å². The van der Waals surface area contributed by atoms with E-state index in [0.717, 1.165) is 31.3 Å². The SMILES string of the molecule is CC(=O)Oc1cccc2c1Nc1c(OC(C)=O)cc(O)cc1N(CC=C(C)CCC=C(C)CCC=C(C)C)C2=O. The van der Waals surface area contributed by atoms with Crippen LogP contribution in [0.3, 0.4) is 0 Å². The largest absolute Gasteiger partial charge is 0.508 e. The van der Waals surface area contributed by atoms with Gasteiger partial charge in [-0.2, -0.15) is 0 Å². The summed E-state index contributed by atoms with van der Waals surface area (Å²) in [5, 5.41) is 13.6. The predicted molar refractivity (Wildman–Crippen MR) is 158 cm³/mol. The highest BCUT2D eigenvalue weighted by molar-refractivity contribution is 6.15. The third-order valence-corrected chi connectivity index (χ3v) is 6.36. The summed E-state index contributed by atoms with van der Waals surface area (Å²) in [4.78, 5) is 39.0. The number of hydrogen-bond acceptors (Lipinski definition) is 7. The predicted octanol–water partition coefficient (Wildman–Crippen LogP) is 7.37. The number of aromatic hydroxyl groups is 1. The Morgan fingerprint density at radius 2 is 1.48 bits per heavy atom. The normalized spacial score (nSPS) is 13.1. The van der Waals surface area contributed by atoms with Gasteiger partial charge in [-0.25, -0.2) is 0 Å². The van der Waals surface area contributed by atoms with Crippen molar-refractivity contribution >= 4 is 34.9 Å². The van der Waals surface area contributed by atoms with Crippen molar-refractivity contribution in [2.24, 2.45) is 0 Å². The summed E-state index contributed by atoms with van der Waals surface area (Å²) in [7, 11) is 0. The molecule has 2 aromatic rings. The third-order valence-electron chi connectivity index (χ3n) is 6.36. The van der Waals surface area contributed by atoms with Crippen molar-refractivity contribution in [1.82, 2.24) is 0 Å².